The van der Waals surface area contributed by atoms with Gasteiger partial charge in [0.1, 0.15) is 6.61 Å². The molecule has 1 N–H and O–H groups in total. The molecule has 0 saturated carbocycles. The van der Waals surface area contributed by atoms with Crippen LogP contribution in [0.5, 0.6) is 0 Å². The molecule has 0 fully saturated rings. The van der Waals surface area contributed by atoms with Gasteiger partial charge in [-0.3, -0.25) is 4.79 Å². The van der Waals surface area contributed by atoms with E-state index in [0.717, 1.165) is 10.6 Å². The molecule has 0 atom stereocenters. The number of halogens is 3. The number of hydrogen-bond donors (Lipinski definition) is 1. The molecule has 0 aromatic carbocycles. The Hall–Kier alpha value is -1.83. The van der Waals surface area contributed by atoms with Gasteiger partial charge >= 0.3 is 12.1 Å². The SMILES string of the molecule is O=C(O)c1ccn(CCOCC(F)(F)F)c(=O)c1. The molecule has 1 aromatic heterocycles. The summed E-state index contributed by atoms with van der Waals surface area (Å²) in [5.74, 6) is -1.24. The molecule has 8 heteroatoms. The molecule has 1 aromatic rings. The predicted octanol–water partition coefficient (Wildman–Crippen LogP) is 1.13. The lowest BCUT2D eigenvalue weighted by Crippen LogP contribution is -2.24. The first-order valence-electron chi connectivity index (χ1n) is 4.88. The maximum atomic E-state index is 11.7. The molecule has 0 aliphatic carbocycles. The zero-order valence-corrected chi connectivity index (χ0v) is 9.11. The van der Waals surface area contributed by atoms with E-state index in [1.807, 2.05) is 0 Å². The largest absolute Gasteiger partial charge is 0.478 e. The van der Waals surface area contributed by atoms with Gasteiger partial charge in [0, 0.05) is 18.8 Å². The maximum absolute atomic E-state index is 11.7. The highest BCUT2D eigenvalue weighted by atomic mass is 19.4. The Morgan fingerprint density at radius 2 is 2.11 bits per heavy atom. The number of carboxylic acids is 1. The highest BCUT2D eigenvalue weighted by Crippen LogP contribution is 2.14. The van der Waals surface area contributed by atoms with Crippen LogP contribution in [0.15, 0.2) is 23.1 Å². The molecular formula is C10H10F3NO4. The van der Waals surface area contributed by atoms with E-state index in [-0.39, 0.29) is 18.7 Å². The highest BCUT2D eigenvalue weighted by molar-refractivity contribution is 5.87. The molecule has 0 saturated heterocycles. The van der Waals surface area contributed by atoms with Gasteiger partial charge in [-0.15, -0.1) is 0 Å². The van der Waals surface area contributed by atoms with Gasteiger partial charge in [-0.25, -0.2) is 4.79 Å². The zero-order chi connectivity index (χ0) is 13.8. The lowest BCUT2D eigenvalue weighted by Gasteiger charge is -2.09. The second-order valence-corrected chi connectivity index (χ2v) is 3.42. The zero-order valence-electron chi connectivity index (χ0n) is 9.11. The number of ether oxygens (including phenoxy) is 1. The van der Waals surface area contributed by atoms with Crippen LogP contribution in [0, 0.1) is 0 Å². The Balaban J connectivity index is 2.54. The fraction of sp³-hybridized carbons (Fsp3) is 0.400. The summed E-state index contributed by atoms with van der Waals surface area (Å²) in [6.07, 6.45) is -3.21. The van der Waals surface area contributed by atoms with Crippen LogP contribution in [0.1, 0.15) is 10.4 Å². The molecule has 18 heavy (non-hydrogen) atoms. The first-order chi connectivity index (χ1) is 8.29. The summed E-state index contributed by atoms with van der Waals surface area (Å²) >= 11 is 0. The molecule has 1 heterocycles. The number of pyridine rings is 1. The molecule has 0 spiro atoms. The minimum absolute atomic E-state index is 0.0746. The van der Waals surface area contributed by atoms with E-state index in [1.54, 1.807) is 0 Å². The van der Waals surface area contributed by atoms with Crippen molar-refractivity contribution in [2.24, 2.45) is 0 Å². The summed E-state index contributed by atoms with van der Waals surface area (Å²) in [6.45, 7) is -1.74. The van der Waals surface area contributed by atoms with Gasteiger partial charge < -0.3 is 14.4 Å². The van der Waals surface area contributed by atoms with Gasteiger partial charge in [-0.1, -0.05) is 0 Å². The number of rotatable bonds is 5. The van der Waals surface area contributed by atoms with Crippen LogP contribution >= 0.6 is 0 Å². The second kappa shape index (κ2) is 5.67. The lowest BCUT2D eigenvalue weighted by atomic mass is 10.3. The number of carboxylic acid groups (broad SMARTS) is 1. The minimum atomic E-state index is -4.40. The second-order valence-electron chi connectivity index (χ2n) is 3.42. The van der Waals surface area contributed by atoms with Gasteiger partial charge in [-0.05, 0) is 6.07 Å². The van der Waals surface area contributed by atoms with Crippen LogP contribution in [0.2, 0.25) is 0 Å². The number of aromatic nitrogens is 1. The average Bonchev–Trinajstić information content (AvgIpc) is 2.24. The summed E-state index contributed by atoms with van der Waals surface area (Å²) in [6, 6.07) is 2.08. The topological polar surface area (TPSA) is 68.5 Å². The van der Waals surface area contributed by atoms with E-state index in [4.69, 9.17) is 5.11 Å². The molecule has 0 amide bonds. The third-order valence-corrected chi connectivity index (χ3v) is 1.99. The van der Waals surface area contributed by atoms with Crippen LogP contribution < -0.4 is 5.56 Å². The van der Waals surface area contributed by atoms with Gasteiger partial charge in [-0.2, -0.15) is 13.2 Å². The fourth-order valence-electron chi connectivity index (χ4n) is 1.18. The van der Waals surface area contributed by atoms with E-state index in [2.05, 4.69) is 4.74 Å². The summed E-state index contributed by atoms with van der Waals surface area (Å²) in [5.41, 5.74) is -0.780. The molecule has 0 aliphatic rings. The summed E-state index contributed by atoms with van der Waals surface area (Å²) in [7, 11) is 0. The molecule has 5 nitrogen and oxygen atoms in total. The molecule has 100 valence electrons. The van der Waals surface area contributed by atoms with Crippen molar-refractivity contribution in [1.82, 2.24) is 4.57 Å². The summed E-state index contributed by atoms with van der Waals surface area (Å²) in [5, 5.41) is 8.61. The molecule has 0 unspecified atom stereocenters. The van der Waals surface area contributed by atoms with E-state index in [1.165, 1.54) is 12.3 Å². The number of nitrogens with zero attached hydrogens (tertiary/aromatic N) is 1. The molecule has 0 aliphatic heterocycles. The summed E-state index contributed by atoms with van der Waals surface area (Å²) in [4.78, 5) is 21.9. The lowest BCUT2D eigenvalue weighted by molar-refractivity contribution is -0.174. The van der Waals surface area contributed by atoms with Crippen LogP contribution in [0.25, 0.3) is 0 Å². The molecule has 0 radical (unpaired) electrons. The van der Waals surface area contributed by atoms with Crippen molar-refractivity contribution in [3.05, 3.63) is 34.2 Å². The first-order valence-corrected chi connectivity index (χ1v) is 4.88. The molecule has 0 bridgehead atoms. The first kappa shape index (κ1) is 14.2. The predicted molar refractivity (Wildman–Crippen MR) is 54.5 cm³/mol. The Labute approximate surface area is 99.4 Å². The Kier molecular flexibility index (Phi) is 4.49. The standard InChI is InChI=1S/C10H10F3NO4/c11-10(12,13)6-18-4-3-14-2-1-7(9(16)17)5-8(14)15/h1-2,5H,3-4,6H2,(H,16,17). The monoisotopic (exact) mass is 265 g/mol. The Morgan fingerprint density at radius 1 is 1.44 bits per heavy atom. The average molecular weight is 265 g/mol. The number of hydrogen-bond acceptors (Lipinski definition) is 3. The van der Waals surface area contributed by atoms with Gasteiger partial charge in [0.05, 0.1) is 12.2 Å². The molecular weight excluding hydrogens is 255 g/mol. The third-order valence-electron chi connectivity index (χ3n) is 1.99. The maximum Gasteiger partial charge on any atom is 0.411 e. The van der Waals surface area contributed by atoms with Crippen molar-refractivity contribution < 1.29 is 27.8 Å². The number of alkyl halides is 3. The highest BCUT2D eigenvalue weighted by Gasteiger charge is 2.27. The molecule has 1 rings (SSSR count). The Morgan fingerprint density at radius 3 is 2.61 bits per heavy atom. The van der Waals surface area contributed by atoms with Crippen molar-refractivity contribution in [1.29, 1.82) is 0 Å². The smallest absolute Gasteiger partial charge is 0.411 e. The van der Waals surface area contributed by atoms with Crippen molar-refractivity contribution in [3.63, 3.8) is 0 Å². The van der Waals surface area contributed by atoms with Crippen LogP contribution in [-0.4, -0.2) is 35.0 Å². The van der Waals surface area contributed by atoms with E-state index >= 15 is 0 Å². The van der Waals surface area contributed by atoms with E-state index in [9.17, 15) is 22.8 Å². The minimum Gasteiger partial charge on any atom is -0.478 e. The van der Waals surface area contributed by atoms with E-state index in [0.29, 0.717) is 0 Å². The summed E-state index contributed by atoms with van der Waals surface area (Å²) < 4.78 is 40.6. The van der Waals surface area contributed by atoms with Gasteiger partial charge in [0.15, 0.2) is 0 Å². The normalized spacial score (nSPS) is 11.5. The van der Waals surface area contributed by atoms with Crippen LogP contribution in [0.3, 0.4) is 0 Å². The quantitative estimate of drug-likeness (QED) is 0.810. The van der Waals surface area contributed by atoms with Crippen molar-refractivity contribution >= 4 is 5.97 Å². The van der Waals surface area contributed by atoms with Crippen molar-refractivity contribution in [3.8, 4) is 0 Å². The Bertz CT molecular complexity index is 481. The van der Waals surface area contributed by atoms with Crippen molar-refractivity contribution in [2.75, 3.05) is 13.2 Å². The van der Waals surface area contributed by atoms with Crippen LogP contribution in [-0.2, 0) is 11.3 Å². The van der Waals surface area contributed by atoms with Gasteiger partial charge in [0.2, 0.25) is 0 Å². The fourth-order valence-corrected chi connectivity index (χ4v) is 1.18. The third kappa shape index (κ3) is 4.58. The number of carbonyl (C=O) groups is 1. The van der Waals surface area contributed by atoms with E-state index < -0.39 is 24.3 Å². The van der Waals surface area contributed by atoms with Gasteiger partial charge in [0.25, 0.3) is 5.56 Å². The van der Waals surface area contributed by atoms with Crippen LogP contribution in [0.4, 0.5) is 13.2 Å². The van der Waals surface area contributed by atoms with Crippen molar-refractivity contribution in [2.45, 2.75) is 12.7 Å². The number of aromatic carboxylic acids is 1.